The van der Waals surface area contributed by atoms with Crippen LogP contribution in [0.25, 0.3) is 11.3 Å². The van der Waals surface area contributed by atoms with Crippen LogP contribution in [-0.2, 0) is 4.79 Å². The molecule has 18 heavy (non-hydrogen) atoms. The lowest BCUT2D eigenvalue weighted by Crippen LogP contribution is -2.35. The third-order valence-electron chi connectivity index (χ3n) is 3.18. The fraction of sp³-hybridized carbons (Fsp3) is 0.286. The van der Waals surface area contributed by atoms with Gasteiger partial charge in [-0.3, -0.25) is 4.79 Å². The zero-order valence-electron chi connectivity index (χ0n) is 10.0. The number of Topliss-reactive ketones (excluding diaryl/α,β-unsaturated/α-hetero) is 1. The number of aromatic nitrogens is 1. The van der Waals surface area contributed by atoms with E-state index < -0.39 is 0 Å². The van der Waals surface area contributed by atoms with Crippen LogP contribution in [0.2, 0.25) is 0 Å². The van der Waals surface area contributed by atoms with Crippen molar-refractivity contribution in [3.8, 4) is 11.3 Å². The number of benzene rings is 1. The molecule has 0 saturated carbocycles. The second-order valence-corrected chi connectivity index (χ2v) is 4.48. The summed E-state index contributed by atoms with van der Waals surface area (Å²) in [6, 6.07) is 8.03. The Bertz CT molecular complexity index is 549. The Morgan fingerprint density at radius 3 is 3.06 bits per heavy atom. The summed E-state index contributed by atoms with van der Waals surface area (Å²) in [4.78, 5) is 17.5. The highest BCUT2D eigenvalue weighted by atomic mass is 16.3. The van der Waals surface area contributed by atoms with E-state index in [1.54, 1.807) is 6.20 Å². The predicted octanol–water partition coefficient (Wildman–Crippen LogP) is 2.51. The van der Waals surface area contributed by atoms with Crippen LogP contribution >= 0.6 is 0 Å². The first-order chi connectivity index (χ1) is 8.83. The maximum atomic E-state index is 11.5. The fourth-order valence-corrected chi connectivity index (χ4v) is 2.27. The Labute approximate surface area is 105 Å². The number of carbonyl (C=O) groups is 1. The second-order valence-electron chi connectivity index (χ2n) is 4.48. The van der Waals surface area contributed by atoms with Crippen LogP contribution in [0.1, 0.15) is 12.8 Å². The van der Waals surface area contributed by atoms with E-state index in [0.29, 0.717) is 18.7 Å². The maximum absolute atomic E-state index is 11.5. The van der Waals surface area contributed by atoms with Gasteiger partial charge < -0.3 is 9.32 Å². The second kappa shape index (κ2) is 4.64. The number of hydrogen-bond donors (Lipinski definition) is 0. The van der Waals surface area contributed by atoms with Gasteiger partial charge in [0.15, 0.2) is 17.9 Å². The van der Waals surface area contributed by atoms with Gasteiger partial charge in [0.1, 0.15) is 0 Å². The molecule has 0 N–H and O–H groups in total. The van der Waals surface area contributed by atoms with Gasteiger partial charge in [0.2, 0.25) is 0 Å². The molecule has 1 aromatic heterocycles. The highest BCUT2D eigenvalue weighted by molar-refractivity contribution is 5.85. The van der Waals surface area contributed by atoms with E-state index in [0.717, 1.165) is 30.0 Å². The van der Waals surface area contributed by atoms with Gasteiger partial charge in [-0.15, -0.1) is 0 Å². The van der Waals surface area contributed by atoms with Crippen molar-refractivity contribution in [3.05, 3.63) is 36.9 Å². The number of anilines is 1. The van der Waals surface area contributed by atoms with Crippen molar-refractivity contribution >= 4 is 11.5 Å². The molecule has 1 saturated heterocycles. The molecule has 0 unspecified atom stereocenters. The Balaban J connectivity index is 1.89. The molecule has 1 aromatic carbocycles. The van der Waals surface area contributed by atoms with Crippen molar-refractivity contribution in [2.24, 2.45) is 0 Å². The molecule has 0 aliphatic carbocycles. The molecule has 0 radical (unpaired) electrons. The van der Waals surface area contributed by atoms with Gasteiger partial charge in [-0.05, 0) is 18.6 Å². The summed E-state index contributed by atoms with van der Waals surface area (Å²) >= 11 is 0. The van der Waals surface area contributed by atoms with Crippen molar-refractivity contribution in [1.29, 1.82) is 0 Å². The lowest BCUT2D eigenvalue weighted by molar-refractivity contribution is -0.118. The summed E-state index contributed by atoms with van der Waals surface area (Å²) in [5.41, 5.74) is 2.06. The van der Waals surface area contributed by atoms with E-state index in [1.807, 2.05) is 24.3 Å². The lowest BCUT2D eigenvalue weighted by Gasteiger charge is -2.28. The zero-order valence-corrected chi connectivity index (χ0v) is 10.0. The number of hydrogen-bond acceptors (Lipinski definition) is 4. The Morgan fingerprint density at radius 1 is 1.33 bits per heavy atom. The monoisotopic (exact) mass is 242 g/mol. The van der Waals surface area contributed by atoms with Crippen molar-refractivity contribution in [2.75, 3.05) is 18.0 Å². The largest absolute Gasteiger partial charge is 0.444 e. The Kier molecular flexibility index (Phi) is 2.84. The van der Waals surface area contributed by atoms with E-state index in [1.165, 1.54) is 6.39 Å². The summed E-state index contributed by atoms with van der Waals surface area (Å²) in [6.07, 6.45) is 4.76. The molecule has 92 valence electrons. The van der Waals surface area contributed by atoms with Gasteiger partial charge in [-0.25, -0.2) is 4.98 Å². The van der Waals surface area contributed by atoms with Gasteiger partial charge in [0, 0.05) is 24.2 Å². The summed E-state index contributed by atoms with van der Waals surface area (Å²) in [5, 5.41) is 0. The van der Waals surface area contributed by atoms with Crippen LogP contribution in [-0.4, -0.2) is 23.9 Å². The third-order valence-corrected chi connectivity index (χ3v) is 3.18. The highest BCUT2D eigenvalue weighted by Crippen LogP contribution is 2.25. The molecule has 1 aliphatic rings. The smallest absolute Gasteiger partial charge is 0.181 e. The normalized spacial score (nSPS) is 16.0. The first-order valence-electron chi connectivity index (χ1n) is 6.08. The van der Waals surface area contributed by atoms with Gasteiger partial charge in [0.05, 0.1) is 12.7 Å². The molecule has 2 aromatic rings. The molecular weight excluding hydrogens is 228 g/mol. The van der Waals surface area contributed by atoms with Crippen LogP contribution in [0.4, 0.5) is 5.69 Å². The SMILES string of the molecule is O=C1CCCN(c2cccc(-c3cnco3)c2)C1. The first-order valence-corrected chi connectivity index (χ1v) is 6.08. The van der Waals surface area contributed by atoms with Gasteiger partial charge >= 0.3 is 0 Å². The van der Waals surface area contributed by atoms with Crippen LogP contribution in [0.5, 0.6) is 0 Å². The molecule has 0 atom stereocenters. The minimum atomic E-state index is 0.311. The Morgan fingerprint density at radius 2 is 2.28 bits per heavy atom. The third kappa shape index (κ3) is 2.14. The topological polar surface area (TPSA) is 46.3 Å². The molecule has 4 heteroatoms. The van der Waals surface area contributed by atoms with Crippen molar-refractivity contribution in [1.82, 2.24) is 4.98 Å². The van der Waals surface area contributed by atoms with Gasteiger partial charge in [-0.1, -0.05) is 12.1 Å². The lowest BCUT2D eigenvalue weighted by atomic mass is 10.1. The van der Waals surface area contributed by atoms with Crippen molar-refractivity contribution in [2.45, 2.75) is 12.8 Å². The number of piperidine rings is 1. The van der Waals surface area contributed by atoms with Gasteiger partial charge in [0.25, 0.3) is 0 Å². The summed E-state index contributed by atoms with van der Waals surface area (Å²) in [5.74, 6) is 1.06. The molecule has 3 rings (SSSR count). The number of oxazole rings is 1. The highest BCUT2D eigenvalue weighted by Gasteiger charge is 2.17. The zero-order chi connectivity index (χ0) is 12.4. The van der Waals surface area contributed by atoms with Crippen LogP contribution in [0.15, 0.2) is 41.3 Å². The number of carbonyl (C=O) groups excluding carboxylic acids is 1. The molecule has 0 amide bonds. The molecule has 2 heterocycles. The standard InChI is InChI=1S/C14H14N2O2/c17-13-5-2-6-16(9-13)12-4-1-3-11(7-12)14-8-15-10-18-14/h1,3-4,7-8,10H,2,5-6,9H2. The Hall–Kier alpha value is -2.10. The molecule has 1 fully saturated rings. The number of rotatable bonds is 2. The maximum Gasteiger partial charge on any atom is 0.181 e. The van der Waals surface area contributed by atoms with Crippen molar-refractivity contribution < 1.29 is 9.21 Å². The van der Waals surface area contributed by atoms with Crippen LogP contribution < -0.4 is 4.90 Å². The minimum absolute atomic E-state index is 0.311. The molecular formula is C14H14N2O2. The quantitative estimate of drug-likeness (QED) is 0.811. The molecule has 0 bridgehead atoms. The summed E-state index contributed by atoms with van der Waals surface area (Å²) < 4.78 is 5.29. The summed E-state index contributed by atoms with van der Waals surface area (Å²) in [7, 11) is 0. The van der Waals surface area contributed by atoms with Crippen molar-refractivity contribution in [3.63, 3.8) is 0 Å². The average Bonchev–Trinajstić information content (AvgIpc) is 2.93. The predicted molar refractivity (Wildman–Crippen MR) is 68.4 cm³/mol. The average molecular weight is 242 g/mol. The number of ketones is 1. The van der Waals surface area contributed by atoms with Crippen LogP contribution in [0.3, 0.4) is 0 Å². The summed E-state index contributed by atoms with van der Waals surface area (Å²) in [6.45, 7) is 1.45. The molecule has 4 nitrogen and oxygen atoms in total. The van der Waals surface area contributed by atoms with E-state index in [4.69, 9.17) is 4.42 Å². The van der Waals surface area contributed by atoms with E-state index >= 15 is 0 Å². The van der Waals surface area contributed by atoms with E-state index in [-0.39, 0.29) is 0 Å². The fourth-order valence-electron chi connectivity index (χ4n) is 2.27. The molecule has 0 spiro atoms. The minimum Gasteiger partial charge on any atom is -0.444 e. The molecule has 1 aliphatic heterocycles. The van der Waals surface area contributed by atoms with E-state index in [2.05, 4.69) is 9.88 Å². The van der Waals surface area contributed by atoms with Crippen LogP contribution in [0, 0.1) is 0 Å². The van der Waals surface area contributed by atoms with Gasteiger partial charge in [-0.2, -0.15) is 0 Å². The van der Waals surface area contributed by atoms with E-state index in [9.17, 15) is 4.79 Å². The first kappa shape index (κ1) is 11.0. The number of nitrogens with zero attached hydrogens (tertiary/aromatic N) is 2.